The summed E-state index contributed by atoms with van der Waals surface area (Å²) in [6.07, 6.45) is 0. The van der Waals surface area contributed by atoms with Crippen LogP contribution in [0.5, 0.6) is 0 Å². The molecule has 1 amide bonds. The first-order chi connectivity index (χ1) is 7.24. The Morgan fingerprint density at radius 2 is 1.93 bits per heavy atom. The van der Waals surface area contributed by atoms with Crippen molar-refractivity contribution >= 4 is 11.9 Å². The van der Waals surface area contributed by atoms with Gasteiger partial charge in [0.25, 0.3) is 5.91 Å². The summed E-state index contributed by atoms with van der Waals surface area (Å²) in [5, 5.41) is 3.60. The number of nitrogens with zero attached hydrogens (tertiary/aromatic N) is 1. The second-order valence-electron chi connectivity index (χ2n) is 2.79. The zero-order valence-corrected chi connectivity index (χ0v) is 8.47. The number of hydrogen-bond donors (Lipinski definition) is 0. The Morgan fingerprint density at radius 1 is 1.27 bits per heavy atom. The lowest BCUT2D eigenvalue weighted by Crippen LogP contribution is -2.24. The third kappa shape index (κ3) is 3.81. The number of rotatable bonds is 4. The number of carbonyl (C=O) groups excluding carboxylic acids is 2. The predicted molar refractivity (Wildman–Crippen MR) is 54.4 cm³/mol. The SMILES string of the molecule is CCOC(=O)C[N]C(=O)c1ccccc1. The van der Waals surface area contributed by atoms with Gasteiger partial charge in [0.2, 0.25) is 0 Å². The average molecular weight is 206 g/mol. The normalized spacial score (nSPS) is 9.40. The minimum absolute atomic E-state index is 0.221. The van der Waals surface area contributed by atoms with Gasteiger partial charge in [-0.1, -0.05) is 18.2 Å². The molecular formula is C11H12NO3. The molecule has 4 nitrogen and oxygen atoms in total. The van der Waals surface area contributed by atoms with Crippen LogP contribution in [-0.4, -0.2) is 25.0 Å². The first-order valence-corrected chi connectivity index (χ1v) is 4.66. The van der Waals surface area contributed by atoms with Crippen molar-refractivity contribution in [3.05, 3.63) is 35.9 Å². The number of esters is 1. The lowest BCUT2D eigenvalue weighted by Gasteiger charge is -2.01. The smallest absolute Gasteiger partial charge is 0.327 e. The molecule has 0 spiro atoms. The van der Waals surface area contributed by atoms with Gasteiger partial charge >= 0.3 is 5.97 Å². The fraction of sp³-hybridized carbons (Fsp3) is 0.273. The molecule has 1 rings (SSSR count). The standard InChI is InChI=1S/C11H12NO3/c1-2-15-10(13)8-12-11(14)9-6-4-3-5-7-9/h3-7H,2,8H2,1H3. The van der Waals surface area contributed by atoms with Crippen LogP contribution in [0.15, 0.2) is 30.3 Å². The van der Waals surface area contributed by atoms with E-state index in [9.17, 15) is 9.59 Å². The van der Waals surface area contributed by atoms with Gasteiger partial charge in [-0.2, -0.15) is 0 Å². The number of benzene rings is 1. The lowest BCUT2D eigenvalue weighted by atomic mass is 10.2. The molecule has 0 aliphatic rings. The van der Waals surface area contributed by atoms with E-state index in [1.807, 2.05) is 6.07 Å². The maximum atomic E-state index is 11.4. The first-order valence-electron chi connectivity index (χ1n) is 4.66. The van der Waals surface area contributed by atoms with E-state index in [2.05, 4.69) is 10.1 Å². The number of amides is 1. The molecule has 0 saturated heterocycles. The van der Waals surface area contributed by atoms with Gasteiger partial charge in [-0.15, -0.1) is 0 Å². The van der Waals surface area contributed by atoms with Crippen LogP contribution >= 0.6 is 0 Å². The van der Waals surface area contributed by atoms with Gasteiger partial charge in [-0.05, 0) is 19.1 Å². The number of ether oxygens (including phenoxy) is 1. The van der Waals surface area contributed by atoms with Crippen molar-refractivity contribution < 1.29 is 14.3 Å². The molecule has 1 radical (unpaired) electrons. The molecule has 1 aromatic rings. The maximum Gasteiger partial charge on any atom is 0.327 e. The fourth-order valence-electron chi connectivity index (χ4n) is 1.02. The summed E-state index contributed by atoms with van der Waals surface area (Å²) < 4.78 is 4.64. The molecule has 0 aromatic heterocycles. The minimum atomic E-state index is -0.484. The summed E-state index contributed by atoms with van der Waals surface area (Å²) in [5.41, 5.74) is 0.474. The van der Waals surface area contributed by atoms with Gasteiger partial charge in [0.05, 0.1) is 6.61 Å². The minimum Gasteiger partial charge on any atom is -0.465 e. The van der Waals surface area contributed by atoms with Crippen molar-refractivity contribution in [2.45, 2.75) is 6.92 Å². The molecule has 0 fully saturated rings. The van der Waals surface area contributed by atoms with E-state index in [4.69, 9.17) is 0 Å². The molecule has 0 atom stereocenters. The highest BCUT2D eigenvalue weighted by Gasteiger charge is 2.09. The van der Waals surface area contributed by atoms with Crippen molar-refractivity contribution in [1.82, 2.24) is 5.32 Å². The Kier molecular flexibility index (Phi) is 4.34. The Balaban J connectivity index is 2.40. The van der Waals surface area contributed by atoms with Crippen molar-refractivity contribution in [3.8, 4) is 0 Å². The topological polar surface area (TPSA) is 57.5 Å². The van der Waals surface area contributed by atoms with E-state index in [1.165, 1.54) is 0 Å². The quantitative estimate of drug-likeness (QED) is 0.690. The largest absolute Gasteiger partial charge is 0.465 e. The third-order valence-electron chi connectivity index (χ3n) is 1.68. The Bertz CT molecular complexity index is 335. The van der Waals surface area contributed by atoms with Crippen LogP contribution in [0.3, 0.4) is 0 Å². The van der Waals surface area contributed by atoms with Crippen LogP contribution in [0.4, 0.5) is 0 Å². The van der Waals surface area contributed by atoms with Crippen LogP contribution in [0, 0.1) is 0 Å². The lowest BCUT2D eigenvalue weighted by molar-refractivity contribution is -0.141. The Hall–Kier alpha value is -1.84. The van der Waals surface area contributed by atoms with E-state index < -0.39 is 11.9 Å². The summed E-state index contributed by atoms with van der Waals surface area (Å²) in [5.74, 6) is -0.884. The number of carbonyl (C=O) groups is 2. The summed E-state index contributed by atoms with van der Waals surface area (Å²) in [6, 6.07) is 8.59. The molecule has 0 aliphatic carbocycles. The van der Waals surface area contributed by atoms with Crippen LogP contribution < -0.4 is 5.32 Å². The van der Waals surface area contributed by atoms with Crippen molar-refractivity contribution in [1.29, 1.82) is 0 Å². The first kappa shape index (κ1) is 11.2. The molecular weight excluding hydrogens is 194 g/mol. The van der Waals surface area contributed by atoms with Gasteiger partial charge in [0.15, 0.2) is 0 Å². The Labute approximate surface area is 88.2 Å². The van der Waals surface area contributed by atoms with Crippen molar-refractivity contribution in [2.75, 3.05) is 13.2 Å². The zero-order valence-electron chi connectivity index (χ0n) is 8.47. The molecule has 4 heteroatoms. The monoisotopic (exact) mass is 206 g/mol. The van der Waals surface area contributed by atoms with Gasteiger partial charge in [0, 0.05) is 5.56 Å². The molecule has 15 heavy (non-hydrogen) atoms. The Morgan fingerprint density at radius 3 is 2.53 bits per heavy atom. The molecule has 0 saturated carbocycles. The van der Waals surface area contributed by atoms with Gasteiger partial charge < -0.3 is 4.74 Å². The second kappa shape index (κ2) is 5.80. The van der Waals surface area contributed by atoms with Crippen LogP contribution in [0.1, 0.15) is 17.3 Å². The predicted octanol–water partition coefficient (Wildman–Crippen LogP) is 0.994. The molecule has 0 heterocycles. The molecule has 79 valence electrons. The molecule has 0 N–H and O–H groups in total. The van der Waals surface area contributed by atoms with E-state index in [0.29, 0.717) is 12.2 Å². The van der Waals surface area contributed by atoms with E-state index in [-0.39, 0.29) is 6.54 Å². The van der Waals surface area contributed by atoms with Crippen molar-refractivity contribution in [2.24, 2.45) is 0 Å². The maximum absolute atomic E-state index is 11.4. The highest BCUT2D eigenvalue weighted by atomic mass is 16.5. The van der Waals surface area contributed by atoms with Gasteiger partial charge in [-0.25, -0.2) is 5.32 Å². The van der Waals surface area contributed by atoms with Crippen LogP contribution in [-0.2, 0) is 9.53 Å². The van der Waals surface area contributed by atoms with Crippen LogP contribution in [0.25, 0.3) is 0 Å². The molecule has 0 unspecified atom stereocenters. The zero-order chi connectivity index (χ0) is 11.1. The average Bonchev–Trinajstić information content (AvgIpc) is 2.27. The second-order valence-corrected chi connectivity index (χ2v) is 2.79. The van der Waals surface area contributed by atoms with E-state index in [0.717, 1.165) is 0 Å². The van der Waals surface area contributed by atoms with E-state index in [1.54, 1.807) is 31.2 Å². The fourth-order valence-corrected chi connectivity index (χ4v) is 1.02. The summed E-state index contributed by atoms with van der Waals surface area (Å²) in [4.78, 5) is 22.3. The summed E-state index contributed by atoms with van der Waals surface area (Å²) in [6.45, 7) is 1.78. The van der Waals surface area contributed by atoms with Gasteiger partial charge in [-0.3, -0.25) is 9.59 Å². The number of hydrogen-bond acceptors (Lipinski definition) is 3. The third-order valence-corrected chi connectivity index (χ3v) is 1.68. The van der Waals surface area contributed by atoms with Crippen molar-refractivity contribution in [3.63, 3.8) is 0 Å². The molecule has 0 aliphatic heterocycles. The summed E-state index contributed by atoms with van der Waals surface area (Å²) >= 11 is 0. The highest BCUT2D eigenvalue weighted by Crippen LogP contribution is 1.98. The highest BCUT2D eigenvalue weighted by molar-refractivity contribution is 5.95. The van der Waals surface area contributed by atoms with E-state index >= 15 is 0 Å². The molecule has 1 aromatic carbocycles. The van der Waals surface area contributed by atoms with Crippen LogP contribution in [0.2, 0.25) is 0 Å². The summed E-state index contributed by atoms with van der Waals surface area (Å²) in [7, 11) is 0. The van der Waals surface area contributed by atoms with Gasteiger partial charge in [0.1, 0.15) is 6.54 Å². The molecule has 0 bridgehead atoms.